The third-order valence-electron chi connectivity index (χ3n) is 4.63. The van der Waals surface area contributed by atoms with Crippen LogP contribution in [0.5, 0.6) is 5.75 Å². The summed E-state index contributed by atoms with van der Waals surface area (Å²) in [4.78, 5) is 6.76. The number of pyridine rings is 1. The molecule has 0 radical (unpaired) electrons. The molecule has 1 atom stereocenters. The van der Waals surface area contributed by atoms with Crippen LogP contribution in [0.3, 0.4) is 0 Å². The largest absolute Gasteiger partial charge is 0.495 e. The van der Waals surface area contributed by atoms with Gasteiger partial charge in [0.05, 0.1) is 19.3 Å². The molecule has 0 aliphatic carbocycles. The van der Waals surface area contributed by atoms with E-state index in [1.165, 1.54) is 0 Å². The fourth-order valence-corrected chi connectivity index (χ4v) is 3.41. The molecule has 0 aliphatic heterocycles. The summed E-state index contributed by atoms with van der Waals surface area (Å²) in [6, 6.07) is 2.02. The SMILES string of the molecule is CCN(CC)C(CC)(CC)C(NN)c1cncc(OC)c1. The number of hydrazine groups is 1. The van der Waals surface area contributed by atoms with Crippen molar-refractivity contribution in [1.82, 2.24) is 15.3 Å². The van der Waals surface area contributed by atoms with Gasteiger partial charge in [0, 0.05) is 11.7 Å². The summed E-state index contributed by atoms with van der Waals surface area (Å²) >= 11 is 0. The van der Waals surface area contributed by atoms with E-state index < -0.39 is 0 Å². The van der Waals surface area contributed by atoms with Gasteiger partial charge in [-0.1, -0.05) is 27.7 Å². The number of nitrogens with one attached hydrogen (secondary N) is 1. The number of methoxy groups -OCH3 is 1. The van der Waals surface area contributed by atoms with Crippen LogP contribution >= 0.6 is 0 Å². The van der Waals surface area contributed by atoms with E-state index in [0.29, 0.717) is 0 Å². The molecule has 1 heterocycles. The third kappa shape index (κ3) is 3.54. The standard InChI is InChI=1S/C16H30N4O/c1-6-16(7-2,20(8-3)9-4)15(19-17)13-10-14(21-5)12-18-11-13/h10-12,15,19H,6-9,17H2,1-5H3. The summed E-state index contributed by atoms with van der Waals surface area (Å²) in [5.41, 5.74) is 4.05. The first-order valence-corrected chi connectivity index (χ1v) is 7.83. The molecule has 5 heteroatoms. The van der Waals surface area contributed by atoms with Crippen molar-refractivity contribution < 1.29 is 4.74 Å². The van der Waals surface area contributed by atoms with Gasteiger partial charge in [-0.2, -0.15) is 0 Å². The molecule has 1 unspecified atom stereocenters. The van der Waals surface area contributed by atoms with E-state index in [-0.39, 0.29) is 11.6 Å². The summed E-state index contributed by atoms with van der Waals surface area (Å²) in [7, 11) is 1.66. The molecule has 21 heavy (non-hydrogen) atoms. The molecular formula is C16H30N4O. The predicted octanol–water partition coefficient (Wildman–Crippen LogP) is 2.50. The van der Waals surface area contributed by atoms with Crippen LogP contribution in [-0.4, -0.2) is 35.6 Å². The molecule has 0 spiro atoms. The van der Waals surface area contributed by atoms with Gasteiger partial charge in [0.15, 0.2) is 0 Å². The molecule has 0 bridgehead atoms. The molecule has 0 fully saturated rings. The molecule has 0 amide bonds. The topological polar surface area (TPSA) is 63.4 Å². The van der Waals surface area contributed by atoms with E-state index in [4.69, 9.17) is 10.6 Å². The zero-order chi connectivity index (χ0) is 15.9. The minimum absolute atomic E-state index is 0.00926. The average Bonchev–Trinajstić information content (AvgIpc) is 2.55. The number of ether oxygens (including phenoxy) is 1. The molecule has 1 aromatic heterocycles. The van der Waals surface area contributed by atoms with Crippen molar-refractivity contribution in [3.05, 3.63) is 24.0 Å². The predicted molar refractivity (Wildman–Crippen MR) is 87.1 cm³/mol. The minimum Gasteiger partial charge on any atom is -0.495 e. The lowest BCUT2D eigenvalue weighted by Gasteiger charge is -2.47. The number of hydrogen-bond donors (Lipinski definition) is 2. The van der Waals surface area contributed by atoms with Crippen LogP contribution in [0.2, 0.25) is 0 Å². The summed E-state index contributed by atoms with van der Waals surface area (Å²) in [5.74, 6) is 6.69. The molecule has 3 N–H and O–H groups in total. The maximum Gasteiger partial charge on any atom is 0.137 e. The Morgan fingerprint density at radius 1 is 1.24 bits per heavy atom. The number of aromatic nitrogens is 1. The van der Waals surface area contributed by atoms with Gasteiger partial charge in [-0.05, 0) is 37.6 Å². The zero-order valence-electron chi connectivity index (χ0n) is 14.0. The number of nitrogens with zero attached hydrogens (tertiary/aromatic N) is 2. The van der Waals surface area contributed by atoms with Crippen molar-refractivity contribution in [2.75, 3.05) is 20.2 Å². The molecule has 0 saturated carbocycles. The summed E-state index contributed by atoms with van der Waals surface area (Å²) in [5, 5.41) is 0. The second-order valence-electron chi connectivity index (χ2n) is 5.24. The van der Waals surface area contributed by atoms with Crippen molar-refractivity contribution in [3.63, 3.8) is 0 Å². The highest BCUT2D eigenvalue weighted by Gasteiger charge is 2.40. The quantitative estimate of drug-likeness (QED) is 0.541. The lowest BCUT2D eigenvalue weighted by atomic mass is 9.79. The first-order valence-electron chi connectivity index (χ1n) is 7.83. The molecular weight excluding hydrogens is 264 g/mol. The van der Waals surface area contributed by atoms with E-state index in [9.17, 15) is 0 Å². The van der Waals surface area contributed by atoms with Crippen molar-refractivity contribution in [1.29, 1.82) is 0 Å². The molecule has 0 saturated heterocycles. The Balaban J connectivity index is 3.29. The fourth-order valence-electron chi connectivity index (χ4n) is 3.41. The van der Waals surface area contributed by atoms with Gasteiger partial charge < -0.3 is 4.74 Å². The van der Waals surface area contributed by atoms with Gasteiger partial charge in [-0.3, -0.25) is 21.2 Å². The highest BCUT2D eigenvalue weighted by molar-refractivity contribution is 5.28. The smallest absolute Gasteiger partial charge is 0.137 e. The number of nitrogens with two attached hydrogens (primary N) is 1. The van der Waals surface area contributed by atoms with E-state index in [0.717, 1.165) is 37.2 Å². The molecule has 5 nitrogen and oxygen atoms in total. The Morgan fingerprint density at radius 2 is 1.86 bits per heavy atom. The van der Waals surface area contributed by atoms with E-state index in [2.05, 4.69) is 43.0 Å². The van der Waals surface area contributed by atoms with Crippen LogP contribution < -0.4 is 16.0 Å². The van der Waals surface area contributed by atoms with Crippen LogP contribution in [0.15, 0.2) is 18.5 Å². The Morgan fingerprint density at radius 3 is 2.29 bits per heavy atom. The van der Waals surface area contributed by atoms with Gasteiger partial charge >= 0.3 is 0 Å². The monoisotopic (exact) mass is 294 g/mol. The summed E-state index contributed by atoms with van der Waals surface area (Å²) in [6.45, 7) is 10.8. The van der Waals surface area contributed by atoms with Crippen molar-refractivity contribution >= 4 is 0 Å². The van der Waals surface area contributed by atoms with Gasteiger partial charge in [0.25, 0.3) is 0 Å². The van der Waals surface area contributed by atoms with Gasteiger partial charge in [0.2, 0.25) is 0 Å². The van der Waals surface area contributed by atoms with Crippen molar-refractivity contribution in [3.8, 4) is 5.75 Å². The highest BCUT2D eigenvalue weighted by atomic mass is 16.5. The number of rotatable bonds is 9. The number of hydrogen-bond acceptors (Lipinski definition) is 5. The zero-order valence-corrected chi connectivity index (χ0v) is 14.0. The highest BCUT2D eigenvalue weighted by Crippen LogP contribution is 2.37. The normalized spacial score (nSPS) is 13.5. The lowest BCUT2D eigenvalue weighted by molar-refractivity contribution is 0.0485. The van der Waals surface area contributed by atoms with Crippen LogP contribution in [0.4, 0.5) is 0 Å². The average molecular weight is 294 g/mol. The van der Waals surface area contributed by atoms with Crippen LogP contribution in [0.1, 0.15) is 52.1 Å². The molecule has 0 aliphatic rings. The van der Waals surface area contributed by atoms with Gasteiger partial charge in [0.1, 0.15) is 5.75 Å². The summed E-state index contributed by atoms with van der Waals surface area (Å²) in [6.07, 6.45) is 5.61. The first kappa shape index (κ1) is 17.9. The molecule has 120 valence electrons. The lowest BCUT2D eigenvalue weighted by Crippen LogP contribution is -2.57. The second kappa shape index (κ2) is 8.32. The van der Waals surface area contributed by atoms with E-state index in [1.54, 1.807) is 13.3 Å². The Hall–Kier alpha value is -1.17. The van der Waals surface area contributed by atoms with Gasteiger partial charge in [-0.25, -0.2) is 0 Å². The molecule has 1 aromatic rings. The van der Waals surface area contributed by atoms with Crippen molar-refractivity contribution in [2.45, 2.75) is 52.1 Å². The maximum absolute atomic E-state index is 5.94. The van der Waals surface area contributed by atoms with Crippen LogP contribution in [0, 0.1) is 0 Å². The van der Waals surface area contributed by atoms with E-state index >= 15 is 0 Å². The summed E-state index contributed by atoms with van der Waals surface area (Å²) < 4.78 is 5.30. The maximum atomic E-state index is 5.94. The fraction of sp³-hybridized carbons (Fsp3) is 0.688. The van der Waals surface area contributed by atoms with Crippen LogP contribution in [0.25, 0.3) is 0 Å². The van der Waals surface area contributed by atoms with Gasteiger partial charge in [-0.15, -0.1) is 0 Å². The van der Waals surface area contributed by atoms with Crippen molar-refractivity contribution in [2.24, 2.45) is 5.84 Å². The minimum atomic E-state index is -0.0354. The second-order valence-corrected chi connectivity index (χ2v) is 5.24. The third-order valence-corrected chi connectivity index (χ3v) is 4.63. The van der Waals surface area contributed by atoms with Crippen LogP contribution in [-0.2, 0) is 0 Å². The Kier molecular flexibility index (Phi) is 7.08. The number of likely N-dealkylation sites (N-methyl/N-ethyl adjacent to an activating group) is 1. The Bertz CT molecular complexity index is 416. The first-order chi connectivity index (χ1) is 10.1. The van der Waals surface area contributed by atoms with E-state index in [1.807, 2.05) is 12.3 Å². The Labute approximate surface area is 128 Å². The molecule has 1 rings (SSSR count). The molecule has 0 aromatic carbocycles.